The Morgan fingerprint density at radius 3 is 2.92 bits per heavy atom. The summed E-state index contributed by atoms with van der Waals surface area (Å²) in [6, 6.07) is 6.01. The Balaban J connectivity index is 2.35. The van der Waals surface area contributed by atoms with Crippen LogP contribution < -0.4 is 0 Å². The van der Waals surface area contributed by atoms with E-state index in [1.54, 1.807) is 0 Å². The van der Waals surface area contributed by atoms with Crippen molar-refractivity contribution < 1.29 is 0 Å². The largest absolute Gasteiger partial charge is 0.283 e. The summed E-state index contributed by atoms with van der Waals surface area (Å²) in [6.45, 7) is 2.89. The molecular weight excluding hydrogens is 160 g/mol. The first-order chi connectivity index (χ1) is 6.36. The summed E-state index contributed by atoms with van der Waals surface area (Å²) in [5, 5.41) is 0. The minimum absolute atomic E-state index is 0.890. The van der Waals surface area contributed by atoms with Crippen LogP contribution in [-0.4, -0.2) is 17.2 Å². The molecule has 2 heteroatoms. The lowest BCUT2D eigenvalue weighted by Gasteiger charge is -2.05. The van der Waals surface area contributed by atoms with E-state index >= 15 is 0 Å². The quantitative estimate of drug-likeness (QED) is 0.637. The molecule has 0 N–H and O–H groups in total. The molecule has 0 radical (unpaired) electrons. The van der Waals surface area contributed by atoms with Gasteiger partial charge >= 0.3 is 0 Å². The maximum atomic E-state index is 4.41. The number of pyridine rings is 1. The predicted octanol–water partition coefficient (Wildman–Crippen LogP) is 2.14. The van der Waals surface area contributed by atoms with E-state index in [4.69, 9.17) is 0 Å². The monoisotopic (exact) mass is 172 g/mol. The van der Waals surface area contributed by atoms with Gasteiger partial charge in [0.25, 0.3) is 0 Å². The van der Waals surface area contributed by atoms with Crippen LogP contribution in [0.25, 0.3) is 0 Å². The highest BCUT2D eigenvalue weighted by Crippen LogP contribution is 2.05. The van der Waals surface area contributed by atoms with E-state index in [-0.39, 0.29) is 0 Å². The maximum Gasteiger partial charge on any atom is 0.0884 e. The molecule has 1 aliphatic heterocycles. The number of aromatic nitrogens is 1. The highest BCUT2D eigenvalue weighted by Gasteiger charge is 2.03. The van der Waals surface area contributed by atoms with E-state index in [9.17, 15) is 0 Å². The highest BCUT2D eigenvalue weighted by molar-refractivity contribution is 6.07. The standard InChI is InChI=1S/C11H12N2/c1-9-5-4-7-11(13-9)10-6-2-3-8-12-10/h2,4-7H,3,8H2,1H3. The lowest BCUT2D eigenvalue weighted by atomic mass is 10.1. The second kappa shape index (κ2) is 3.52. The van der Waals surface area contributed by atoms with Crippen LogP contribution in [0.5, 0.6) is 0 Å². The number of aliphatic imine (C=N–C) groups is 1. The second-order valence-electron chi connectivity index (χ2n) is 3.12. The molecule has 0 spiro atoms. The van der Waals surface area contributed by atoms with E-state index in [0.717, 1.165) is 30.1 Å². The van der Waals surface area contributed by atoms with Gasteiger partial charge < -0.3 is 0 Å². The number of allylic oxidation sites excluding steroid dienone is 1. The molecule has 0 aromatic carbocycles. The van der Waals surface area contributed by atoms with Crippen LogP contribution in [0.2, 0.25) is 0 Å². The van der Waals surface area contributed by atoms with Crippen molar-refractivity contribution in [3.8, 4) is 0 Å². The van der Waals surface area contributed by atoms with Crippen molar-refractivity contribution >= 4 is 5.71 Å². The van der Waals surface area contributed by atoms with Gasteiger partial charge in [-0.1, -0.05) is 12.1 Å². The van der Waals surface area contributed by atoms with E-state index in [1.165, 1.54) is 0 Å². The molecule has 2 nitrogen and oxygen atoms in total. The van der Waals surface area contributed by atoms with Gasteiger partial charge in [0.2, 0.25) is 0 Å². The summed E-state index contributed by atoms with van der Waals surface area (Å²) in [4.78, 5) is 8.82. The lowest BCUT2D eigenvalue weighted by Crippen LogP contribution is -2.05. The second-order valence-corrected chi connectivity index (χ2v) is 3.12. The Kier molecular flexibility index (Phi) is 2.21. The van der Waals surface area contributed by atoms with Gasteiger partial charge in [0.1, 0.15) is 0 Å². The fraction of sp³-hybridized carbons (Fsp3) is 0.273. The Morgan fingerprint density at radius 2 is 2.23 bits per heavy atom. The van der Waals surface area contributed by atoms with Crippen molar-refractivity contribution in [3.05, 3.63) is 41.7 Å². The van der Waals surface area contributed by atoms with Gasteiger partial charge in [-0.05, 0) is 31.6 Å². The normalized spacial score (nSPS) is 15.6. The number of rotatable bonds is 1. The van der Waals surface area contributed by atoms with Crippen LogP contribution >= 0.6 is 0 Å². The van der Waals surface area contributed by atoms with Crippen molar-refractivity contribution in [2.75, 3.05) is 6.54 Å². The average Bonchev–Trinajstić information content (AvgIpc) is 2.19. The molecule has 0 saturated heterocycles. The predicted molar refractivity (Wildman–Crippen MR) is 54.1 cm³/mol. The molecule has 13 heavy (non-hydrogen) atoms. The Bertz CT molecular complexity index is 364. The van der Waals surface area contributed by atoms with E-state index in [1.807, 2.05) is 31.2 Å². The van der Waals surface area contributed by atoms with Crippen molar-refractivity contribution in [1.29, 1.82) is 0 Å². The van der Waals surface area contributed by atoms with Crippen LogP contribution in [0.4, 0.5) is 0 Å². The molecule has 66 valence electrons. The van der Waals surface area contributed by atoms with Crippen LogP contribution in [0.1, 0.15) is 17.8 Å². The first-order valence-electron chi connectivity index (χ1n) is 4.51. The third-order valence-corrected chi connectivity index (χ3v) is 2.00. The molecule has 0 unspecified atom stereocenters. The van der Waals surface area contributed by atoms with E-state index in [0.29, 0.717) is 0 Å². The Labute approximate surface area is 78.0 Å². The molecule has 0 fully saturated rings. The summed E-state index contributed by atoms with van der Waals surface area (Å²) >= 11 is 0. The van der Waals surface area contributed by atoms with Gasteiger partial charge in [-0.25, -0.2) is 0 Å². The molecule has 0 amide bonds. The number of hydrogen-bond acceptors (Lipinski definition) is 2. The van der Waals surface area contributed by atoms with Gasteiger partial charge in [0.15, 0.2) is 0 Å². The third kappa shape index (κ3) is 1.83. The Morgan fingerprint density at radius 1 is 1.31 bits per heavy atom. The number of nitrogens with zero attached hydrogens (tertiary/aromatic N) is 2. The van der Waals surface area contributed by atoms with E-state index < -0.39 is 0 Å². The summed E-state index contributed by atoms with van der Waals surface area (Å²) in [7, 11) is 0. The molecule has 0 atom stereocenters. The molecule has 1 aromatic heterocycles. The molecule has 1 aromatic rings. The third-order valence-electron chi connectivity index (χ3n) is 2.00. The molecular formula is C11H12N2. The summed E-state index contributed by atoms with van der Waals surface area (Å²) < 4.78 is 0. The summed E-state index contributed by atoms with van der Waals surface area (Å²) in [5.41, 5.74) is 3.03. The zero-order valence-corrected chi connectivity index (χ0v) is 7.70. The lowest BCUT2D eigenvalue weighted by molar-refractivity contribution is 0.989. The van der Waals surface area contributed by atoms with Crippen LogP contribution in [-0.2, 0) is 0 Å². The Hall–Kier alpha value is -1.44. The van der Waals surface area contributed by atoms with Gasteiger partial charge in [-0.2, -0.15) is 0 Å². The fourth-order valence-corrected chi connectivity index (χ4v) is 1.36. The van der Waals surface area contributed by atoms with Crippen molar-refractivity contribution in [2.24, 2.45) is 4.99 Å². The van der Waals surface area contributed by atoms with Gasteiger partial charge in [-0.15, -0.1) is 0 Å². The fourth-order valence-electron chi connectivity index (χ4n) is 1.36. The zero-order valence-electron chi connectivity index (χ0n) is 7.70. The minimum atomic E-state index is 0.890. The van der Waals surface area contributed by atoms with Crippen LogP contribution in [0.3, 0.4) is 0 Å². The molecule has 0 bridgehead atoms. The average molecular weight is 172 g/mol. The minimum Gasteiger partial charge on any atom is -0.283 e. The van der Waals surface area contributed by atoms with Gasteiger partial charge in [-0.3, -0.25) is 9.98 Å². The first-order valence-corrected chi connectivity index (χ1v) is 4.51. The molecule has 2 rings (SSSR count). The molecule has 2 heterocycles. The smallest absolute Gasteiger partial charge is 0.0884 e. The number of dihydropyridines is 1. The molecule has 0 saturated carbocycles. The number of hydrogen-bond donors (Lipinski definition) is 0. The summed E-state index contributed by atoms with van der Waals surface area (Å²) in [5.74, 6) is 0. The maximum absolute atomic E-state index is 4.41. The highest BCUT2D eigenvalue weighted by atomic mass is 14.8. The molecule has 1 aliphatic rings. The molecule has 0 aliphatic carbocycles. The topological polar surface area (TPSA) is 25.2 Å². The summed E-state index contributed by atoms with van der Waals surface area (Å²) in [6.07, 6.45) is 5.24. The SMILES string of the molecule is Cc1cccc(C2=NCCC=C2)n1. The van der Waals surface area contributed by atoms with Crippen molar-refractivity contribution in [1.82, 2.24) is 4.98 Å². The zero-order chi connectivity index (χ0) is 9.10. The van der Waals surface area contributed by atoms with Crippen LogP contribution in [0, 0.1) is 6.92 Å². The first kappa shape index (κ1) is 8.17. The van der Waals surface area contributed by atoms with Gasteiger partial charge in [0, 0.05) is 12.2 Å². The van der Waals surface area contributed by atoms with Crippen molar-refractivity contribution in [2.45, 2.75) is 13.3 Å². The number of aryl methyl sites for hydroxylation is 1. The van der Waals surface area contributed by atoms with Crippen molar-refractivity contribution in [3.63, 3.8) is 0 Å². The van der Waals surface area contributed by atoms with Crippen LogP contribution in [0.15, 0.2) is 35.3 Å². The van der Waals surface area contributed by atoms with E-state index in [2.05, 4.69) is 16.1 Å². The van der Waals surface area contributed by atoms with Gasteiger partial charge in [0.05, 0.1) is 11.4 Å².